The molecule has 0 aliphatic rings. The van der Waals surface area contributed by atoms with Crippen molar-refractivity contribution >= 4 is 33.1 Å². The molecule has 4 heteroatoms. The molecule has 118 valence electrons. The third kappa shape index (κ3) is 3.77. The minimum Gasteiger partial charge on any atom is -0.326 e. The van der Waals surface area contributed by atoms with Crippen molar-refractivity contribution in [2.24, 2.45) is 0 Å². The van der Waals surface area contributed by atoms with Crippen molar-refractivity contribution < 1.29 is 4.79 Å². The van der Waals surface area contributed by atoms with Gasteiger partial charge in [-0.25, -0.2) is 4.98 Å². The number of thiazole rings is 1. The highest BCUT2D eigenvalue weighted by atomic mass is 32.1. The maximum Gasteiger partial charge on any atom is 0.228 e. The van der Waals surface area contributed by atoms with E-state index < -0.39 is 0 Å². The Balaban J connectivity index is 1.67. The van der Waals surface area contributed by atoms with E-state index in [0.717, 1.165) is 26.5 Å². The quantitative estimate of drug-likeness (QED) is 0.741. The molecule has 2 aromatic carbocycles. The van der Waals surface area contributed by atoms with E-state index in [1.807, 2.05) is 37.3 Å². The zero-order chi connectivity index (χ0) is 16.4. The van der Waals surface area contributed by atoms with Gasteiger partial charge in [0.25, 0.3) is 0 Å². The van der Waals surface area contributed by atoms with Crippen molar-refractivity contribution in [3.63, 3.8) is 0 Å². The average Bonchev–Trinajstić information content (AvgIpc) is 2.87. The normalized spacial score (nSPS) is 11.1. The van der Waals surface area contributed by atoms with Crippen LogP contribution in [0.15, 0.2) is 42.5 Å². The van der Waals surface area contributed by atoms with Gasteiger partial charge in [0.2, 0.25) is 5.91 Å². The number of aryl methyl sites for hydroxylation is 1. The number of rotatable bonds is 4. The molecule has 0 atom stereocenters. The van der Waals surface area contributed by atoms with Gasteiger partial charge in [-0.15, -0.1) is 11.3 Å². The molecule has 0 saturated carbocycles. The second-order valence-corrected chi connectivity index (χ2v) is 7.27. The van der Waals surface area contributed by atoms with Crippen molar-refractivity contribution in [3.05, 3.63) is 58.6 Å². The Kier molecular flexibility index (Phi) is 4.44. The number of hydrogen-bond donors (Lipinski definition) is 1. The number of carbonyl (C=O) groups excluding carboxylic acids is 1. The number of benzene rings is 2. The molecule has 3 aromatic rings. The lowest BCUT2D eigenvalue weighted by molar-refractivity contribution is -0.115. The summed E-state index contributed by atoms with van der Waals surface area (Å²) in [6.45, 7) is 6.32. The summed E-state index contributed by atoms with van der Waals surface area (Å²) in [5, 5.41) is 4.00. The van der Waals surface area contributed by atoms with Crippen LogP contribution in [0.3, 0.4) is 0 Å². The van der Waals surface area contributed by atoms with Crippen LogP contribution in [-0.2, 0) is 11.2 Å². The zero-order valence-electron chi connectivity index (χ0n) is 13.6. The molecular formula is C19H20N2OS. The van der Waals surface area contributed by atoms with E-state index in [0.29, 0.717) is 12.3 Å². The molecule has 1 N–H and O–H groups in total. The number of nitrogens with one attached hydrogen (secondary N) is 1. The Labute approximate surface area is 140 Å². The van der Waals surface area contributed by atoms with Crippen LogP contribution in [0.4, 0.5) is 5.69 Å². The molecule has 0 radical (unpaired) electrons. The third-order valence-electron chi connectivity index (χ3n) is 3.79. The first-order chi connectivity index (χ1) is 11.0. The molecule has 0 bridgehead atoms. The Hall–Kier alpha value is -2.20. The van der Waals surface area contributed by atoms with Gasteiger partial charge in [0, 0.05) is 5.69 Å². The van der Waals surface area contributed by atoms with Gasteiger partial charge in [-0.05, 0) is 42.2 Å². The van der Waals surface area contributed by atoms with Crippen LogP contribution in [0.1, 0.15) is 35.9 Å². The largest absolute Gasteiger partial charge is 0.326 e. The molecule has 1 amide bonds. The fourth-order valence-corrected chi connectivity index (χ4v) is 3.39. The number of amides is 1. The number of hydrogen-bond acceptors (Lipinski definition) is 3. The first-order valence-corrected chi connectivity index (χ1v) is 8.59. The molecule has 0 aliphatic carbocycles. The van der Waals surface area contributed by atoms with Crippen LogP contribution < -0.4 is 5.32 Å². The SMILES string of the molecule is Cc1nc2ccc(NC(=O)Cc3ccc(C(C)C)cc3)cc2s1. The van der Waals surface area contributed by atoms with Crippen LogP contribution in [0.5, 0.6) is 0 Å². The van der Waals surface area contributed by atoms with E-state index in [4.69, 9.17) is 0 Å². The highest BCUT2D eigenvalue weighted by molar-refractivity contribution is 7.18. The van der Waals surface area contributed by atoms with Crippen LogP contribution in [0, 0.1) is 6.92 Å². The Morgan fingerprint density at radius 2 is 1.91 bits per heavy atom. The van der Waals surface area contributed by atoms with Crippen LogP contribution in [0.25, 0.3) is 10.2 Å². The summed E-state index contributed by atoms with van der Waals surface area (Å²) >= 11 is 1.64. The maximum atomic E-state index is 12.2. The molecule has 0 unspecified atom stereocenters. The fourth-order valence-electron chi connectivity index (χ4n) is 2.53. The van der Waals surface area contributed by atoms with Crippen molar-refractivity contribution in [3.8, 4) is 0 Å². The highest BCUT2D eigenvalue weighted by Gasteiger charge is 2.07. The van der Waals surface area contributed by atoms with E-state index in [1.165, 1.54) is 5.56 Å². The topological polar surface area (TPSA) is 42.0 Å². The van der Waals surface area contributed by atoms with E-state index in [-0.39, 0.29) is 5.91 Å². The second kappa shape index (κ2) is 6.50. The summed E-state index contributed by atoms with van der Waals surface area (Å²) in [7, 11) is 0. The predicted molar refractivity (Wildman–Crippen MR) is 97.2 cm³/mol. The Morgan fingerprint density at radius 1 is 1.17 bits per heavy atom. The van der Waals surface area contributed by atoms with Gasteiger partial charge in [-0.2, -0.15) is 0 Å². The first-order valence-electron chi connectivity index (χ1n) is 7.77. The van der Waals surface area contributed by atoms with Gasteiger partial charge in [-0.3, -0.25) is 4.79 Å². The van der Waals surface area contributed by atoms with Gasteiger partial charge in [-0.1, -0.05) is 38.1 Å². The smallest absolute Gasteiger partial charge is 0.228 e. The van der Waals surface area contributed by atoms with Gasteiger partial charge < -0.3 is 5.32 Å². The maximum absolute atomic E-state index is 12.2. The lowest BCUT2D eigenvalue weighted by atomic mass is 10.0. The predicted octanol–water partition coefficient (Wildman–Crippen LogP) is 4.91. The van der Waals surface area contributed by atoms with Crippen molar-refractivity contribution in [2.45, 2.75) is 33.1 Å². The van der Waals surface area contributed by atoms with Crippen LogP contribution in [-0.4, -0.2) is 10.9 Å². The van der Waals surface area contributed by atoms with E-state index in [2.05, 4.69) is 36.3 Å². The summed E-state index contributed by atoms with van der Waals surface area (Å²) in [5.41, 5.74) is 4.13. The number of aromatic nitrogens is 1. The Morgan fingerprint density at radius 3 is 2.61 bits per heavy atom. The molecular weight excluding hydrogens is 304 g/mol. The van der Waals surface area contributed by atoms with Crippen molar-refractivity contribution in [1.82, 2.24) is 4.98 Å². The molecule has 0 saturated heterocycles. The summed E-state index contributed by atoms with van der Waals surface area (Å²) < 4.78 is 1.10. The second-order valence-electron chi connectivity index (χ2n) is 6.04. The van der Waals surface area contributed by atoms with Crippen LogP contribution in [0.2, 0.25) is 0 Å². The van der Waals surface area contributed by atoms with E-state index >= 15 is 0 Å². The number of fused-ring (bicyclic) bond motifs is 1. The monoisotopic (exact) mass is 324 g/mol. The van der Waals surface area contributed by atoms with Crippen molar-refractivity contribution in [1.29, 1.82) is 0 Å². The lowest BCUT2D eigenvalue weighted by Crippen LogP contribution is -2.14. The standard InChI is InChI=1S/C19H20N2OS/c1-12(2)15-6-4-14(5-7-15)10-19(22)21-16-8-9-17-18(11-16)23-13(3)20-17/h4-9,11-12H,10H2,1-3H3,(H,21,22). The molecule has 1 heterocycles. The van der Waals surface area contributed by atoms with Crippen LogP contribution >= 0.6 is 11.3 Å². The molecule has 1 aromatic heterocycles. The van der Waals surface area contributed by atoms with Gasteiger partial charge >= 0.3 is 0 Å². The van der Waals surface area contributed by atoms with E-state index in [9.17, 15) is 4.79 Å². The van der Waals surface area contributed by atoms with Gasteiger partial charge in [0.15, 0.2) is 0 Å². The molecule has 23 heavy (non-hydrogen) atoms. The van der Waals surface area contributed by atoms with Gasteiger partial charge in [0.1, 0.15) is 0 Å². The summed E-state index contributed by atoms with van der Waals surface area (Å²) in [5.74, 6) is 0.510. The summed E-state index contributed by atoms with van der Waals surface area (Å²) in [4.78, 5) is 16.6. The molecule has 0 aliphatic heterocycles. The average molecular weight is 324 g/mol. The molecule has 3 nitrogen and oxygen atoms in total. The zero-order valence-corrected chi connectivity index (χ0v) is 14.4. The number of carbonyl (C=O) groups is 1. The fraction of sp³-hybridized carbons (Fsp3) is 0.263. The summed E-state index contributed by atoms with van der Waals surface area (Å²) in [6, 6.07) is 14.1. The first kappa shape index (κ1) is 15.7. The number of anilines is 1. The molecule has 0 spiro atoms. The third-order valence-corrected chi connectivity index (χ3v) is 4.72. The van der Waals surface area contributed by atoms with Crippen molar-refractivity contribution in [2.75, 3.05) is 5.32 Å². The number of nitrogens with zero attached hydrogens (tertiary/aromatic N) is 1. The Bertz CT molecular complexity index is 834. The van der Waals surface area contributed by atoms with E-state index in [1.54, 1.807) is 11.3 Å². The van der Waals surface area contributed by atoms with Gasteiger partial charge in [0.05, 0.1) is 21.6 Å². The minimum atomic E-state index is 0.00267. The molecule has 3 rings (SSSR count). The molecule has 0 fully saturated rings. The summed E-state index contributed by atoms with van der Waals surface area (Å²) in [6.07, 6.45) is 0.387. The minimum absolute atomic E-state index is 0.00267. The highest BCUT2D eigenvalue weighted by Crippen LogP contribution is 2.25. The lowest BCUT2D eigenvalue weighted by Gasteiger charge is -2.08.